The number of amides is 2. The minimum atomic E-state index is -0.708. The molecule has 0 radical (unpaired) electrons. The quantitative estimate of drug-likeness (QED) is 0.841. The Morgan fingerprint density at radius 1 is 1.19 bits per heavy atom. The van der Waals surface area contributed by atoms with Gasteiger partial charge < -0.3 is 15.0 Å². The Balaban J connectivity index is 1.35. The fraction of sp³-hybridized carbons (Fsp3) is 0.316. The number of hydrogen-bond donors (Lipinski definition) is 1. The van der Waals surface area contributed by atoms with Crippen molar-refractivity contribution >= 4 is 23.6 Å². The van der Waals surface area contributed by atoms with Crippen LogP contribution in [0.5, 0.6) is 5.75 Å². The van der Waals surface area contributed by atoms with Crippen molar-refractivity contribution < 1.29 is 14.3 Å². The Hall–Kier alpha value is -2.54. The van der Waals surface area contributed by atoms with E-state index in [1.165, 1.54) is 11.8 Å². The highest BCUT2D eigenvalue weighted by molar-refractivity contribution is 8.00. The number of pyridine rings is 1. The number of aromatic nitrogens is 1. The molecule has 0 bridgehead atoms. The van der Waals surface area contributed by atoms with Crippen molar-refractivity contribution in [2.45, 2.75) is 23.5 Å². The number of carbonyl (C=O) groups excluding carboxylic acids is 2. The second kappa shape index (κ2) is 6.99. The molecule has 2 aliphatic rings. The van der Waals surface area contributed by atoms with E-state index in [0.717, 1.165) is 4.90 Å². The topological polar surface area (TPSA) is 71.5 Å². The lowest BCUT2D eigenvalue weighted by molar-refractivity contribution is -0.132. The number of fused-ring (bicyclic) bond motifs is 1. The zero-order valence-electron chi connectivity index (χ0n) is 14.2. The second-order valence-corrected chi connectivity index (χ2v) is 7.45. The van der Waals surface area contributed by atoms with Crippen molar-refractivity contribution in [3.05, 3.63) is 54.4 Å². The predicted octanol–water partition coefficient (Wildman–Crippen LogP) is 2.31. The molecule has 2 amide bonds. The molecular formula is C19H19N3O3S. The van der Waals surface area contributed by atoms with Gasteiger partial charge in [0.25, 0.3) is 5.91 Å². The number of rotatable bonds is 3. The average molecular weight is 369 g/mol. The summed E-state index contributed by atoms with van der Waals surface area (Å²) in [6, 6.07) is 11.0. The summed E-state index contributed by atoms with van der Waals surface area (Å²) in [4.78, 5) is 31.7. The van der Waals surface area contributed by atoms with Gasteiger partial charge in [-0.05, 0) is 24.3 Å². The van der Waals surface area contributed by atoms with Gasteiger partial charge >= 0.3 is 0 Å². The zero-order valence-corrected chi connectivity index (χ0v) is 15.0. The van der Waals surface area contributed by atoms with E-state index in [2.05, 4.69) is 10.3 Å². The molecule has 0 unspecified atom stereocenters. The van der Waals surface area contributed by atoms with Gasteiger partial charge in [-0.2, -0.15) is 0 Å². The molecule has 4 rings (SSSR count). The van der Waals surface area contributed by atoms with Crippen LogP contribution in [-0.2, 0) is 4.79 Å². The number of hydrogen-bond acceptors (Lipinski definition) is 5. The molecule has 3 heterocycles. The number of benzene rings is 1. The van der Waals surface area contributed by atoms with E-state index in [1.54, 1.807) is 18.5 Å². The van der Waals surface area contributed by atoms with Gasteiger partial charge in [0.2, 0.25) is 5.91 Å². The van der Waals surface area contributed by atoms with Gasteiger partial charge in [0.1, 0.15) is 5.75 Å². The van der Waals surface area contributed by atoms with Crippen LogP contribution in [0.1, 0.15) is 23.2 Å². The highest BCUT2D eigenvalue weighted by Crippen LogP contribution is 2.33. The van der Waals surface area contributed by atoms with Crippen molar-refractivity contribution in [3.63, 3.8) is 0 Å². The summed E-state index contributed by atoms with van der Waals surface area (Å²) in [6.07, 6.45) is 4.61. The number of carbonyl (C=O) groups is 2. The Bertz CT molecular complexity index is 820. The minimum absolute atomic E-state index is 0.101. The van der Waals surface area contributed by atoms with E-state index in [-0.39, 0.29) is 11.8 Å². The lowest BCUT2D eigenvalue weighted by Gasteiger charge is -2.44. The number of thioether (sulfide) groups is 1. The maximum absolute atomic E-state index is 12.5. The maximum atomic E-state index is 12.5. The van der Waals surface area contributed by atoms with Gasteiger partial charge in [0.15, 0.2) is 5.72 Å². The summed E-state index contributed by atoms with van der Waals surface area (Å²) in [6.45, 7) is 1.14. The van der Waals surface area contributed by atoms with Crippen LogP contribution in [0, 0.1) is 0 Å². The molecule has 134 valence electrons. The van der Waals surface area contributed by atoms with Crippen LogP contribution in [0.15, 0.2) is 53.7 Å². The molecule has 1 N–H and O–H groups in total. The van der Waals surface area contributed by atoms with E-state index in [0.29, 0.717) is 43.0 Å². The molecule has 7 heteroatoms. The highest BCUT2D eigenvalue weighted by atomic mass is 32.2. The van der Waals surface area contributed by atoms with Gasteiger partial charge in [0, 0.05) is 43.2 Å². The number of para-hydroxylation sites is 1. The van der Waals surface area contributed by atoms with Crippen LogP contribution in [0.4, 0.5) is 0 Å². The van der Waals surface area contributed by atoms with E-state index in [9.17, 15) is 9.59 Å². The number of piperidine rings is 1. The first-order valence-corrected chi connectivity index (χ1v) is 9.55. The second-order valence-electron chi connectivity index (χ2n) is 6.40. The SMILES string of the molecule is O=C1NC2(CCN(C(=O)CSc3ccncc3)CC2)Oc2ccccc21. The first-order chi connectivity index (χ1) is 12.7. The maximum Gasteiger partial charge on any atom is 0.258 e. The molecule has 1 saturated heterocycles. The summed E-state index contributed by atoms with van der Waals surface area (Å²) >= 11 is 1.51. The van der Waals surface area contributed by atoms with Crippen LogP contribution < -0.4 is 10.1 Å². The Morgan fingerprint density at radius 3 is 2.69 bits per heavy atom. The van der Waals surface area contributed by atoms with Crippen molar-refractivity contribution in [1.82, 2.24) is 15.2 Å². The zero-order chi connectivity index (χ0) is 18.0. The highest BCUT2D eigenvalue weighted by Gasteiger charge is 2.43. The standard InChI is InChI=1S/C19H19N3O3S/c23-17(13-26-14-5-9-20-10-6-14)22-11-7-19(8-12-22)21-18(24)15-3-1-2-4-16(15)25-19/h1-6,9-10H,7-8,11-13H2,(H,21,24). The van der Waals surface area contributed by atoms with Crippen LogP contribution in [0.3, 0.4) is 0 Å². The monoisotopic (exact) mass is 369 g/mol. The first-order valence-electron chi connectivity index (χ1n) is 8.56. The molecular weight excluding hydrogens is 350 g/mol. The molecule has 0 aliphatic carbocycles. The molecule has 1 aromatic heterocycles. The number of nitrogens with one attached hydrogen (secondary N) is 1. The average Bonchev–Trinajstić information content (AvgIpc) is 2.67. The summed E-state index contributed by atoms with van der Waals surface area (Å²) in [7, 11) is 0. The summed E-state index contributed by atoms with van der Waals surface area (Å²) in [5, 5.41) is 2.99. The molecule has 1 fully saturated rings. The van der Waals surface area contributed by atoms with Gasteiger partial charge in [-0.3, -0.25) is 14.6 Å². The molecule has 26 heavy (non-hydrogen) atoms. The van der Waals surface area contributed by atoms with Crippen molar-refractivity contribution in [3.8, 4) is 5.75 Å². The first kappa shape index (κ1) is 16.9. The number of nitrogens with zero attached hydrogens (tertiary/aromatic N) is 2. The molecule has 6 nitrogen and oxygen atoms in total. The molecule has 2 aliphatic heterocycles. The van der Waals surface area contributed by atoms with Crippen molar-refractivity contribution in [1.29, 1.82) is 0 Å². The van der Waals surface area contributed by atoms with E-state index in [1.807, 2.05) is 35.2 Å². The Kier molecular flexibility index (Phi) is 4.55. The third-order valence-electron chi connectivity index (χ3n) is 4.71. The van der Waals surface area contributed by atoms with Crippen LogP contribution in [0.25, 0.3) is 0 Å². The van der Waals surface area contributed by atoms with Crippen molar-refractivity contribution in [2.24, 2.45) is 0 Å². The van der Waals surface area contributed by atoms with E-state index >= 15 is 0 Å². The third kappa shape index (κ3) is 3.39. The van der Waals surface area contributed by atoms with E-state index < -0.39 is 5.72 Å². The normalized spacial score (nSPS) is 18.0. The van der Waals surface area contributed by atoms with E-state index in [4.69, 9.17) is 4.74 Å². The van der Waals surface area contributed by atoms with Crippen LogP contribution in [0.2, 0.25) is 0 Å². The van der Waals surface area contributed by atoms with Gasteiger partial charge in [-0.25, -0.2) is 0 Å². The fourth-order valence-corrected chi connectivity index (χ4v) is 4.06. The summed E-state index contributed by atoms with van der Waals surface area (Å²) in [5.74, 6) is 1.00. The fourth-order valence-electron chi connectivity index (χ4n) is 3.27. The predicted molar refractivity (Wildman–Crippen MR) is 98.0 cm³/mol. The lowest BCUT2D eigenvalue weighted by atomic mass is 9.97. The number of likely N-dealkylation sites (tertiary alicyclic amines) is 1. The van der Waals surface area contributed by atoms with Crippen molar-refractivity contribution in [2.75, 3.05) is 18.8 Å². The largest absolute Gasteiger partial charge is 0.467 e. The summed E-state index contributed by atoms with van der Waals surface area (Å²) < 4.78 is 6.11. The molecule has 0 atom stereocenters. The Morgan fingerprint density at radius 2 is 1.92 bits per heavy atom. The Labute approximate surface area is 155 Å². The lowest BCUT2D eigenvalue weighted by Crippen LogP contribution is -2.61. The molecule has 1 spiro atoms. The molecule has 1 aromatic carbocycles. The summed E-state index contributed by atoms with van der Waals surface area (Å²) in [5.41, 5.74) is -0.147. The van der Waals surface area contributed by atoms with Gasteiger partial charge in [0.05, 0.1) is 11.3 Å². The van der Waals surface area contributed by atoms with Crippen LogP contribution in [-0.4, -0.2) is 46.3 Å². The molecule has 2 aromatic rings. The smallest absolute Gasteiger partial charge is 0.258 e. The minimum Gasteiger partial charge on any atom is -0.467 e. The molecule has 0 saturated carbocycles. The van der Waals surface area contributed by atoms with Gasteiger partial charge in [-0.1, -0.05) is 12.1 Å². The van der Waals surface area contributed by atoms with Crippen LogP contribution >= 0.6 is 11.8 Å². The third-order valence-corrected chi connectivity index (χ3v) is 5.71. The number of ether oxygens (including phenoxy) is 1. The van der Waals surface area contributed by atoms with Gasteiger partial charge in [-0.15, -0.1) is 11.8 Å².